The van der Waals surface area contributed by atoms with E-state index in [9.17, 15) is 9.59 Å². The van der Waals surface area contributed by atoms with Crippen molar-refractivity contribution in [3.8, 4) is 0 Å². The fraction of sp³-hybridized carbons (Fsp3) is 0.429. The Balaban J connectivity index is 2.20. The summed E-state index contributed by atoms with van der Waals surface area (Å²) >= 11 is 0. The maximum atomic E-state index is 12.3. The summed E-state index contributed by atoms with van der Waals surface area (Å²) in [4.78, 5) is 25.6. The summed E-state index contributed by atoms with van der Waals surface area (Å²) in [6, 6.07) is 8.95. The van der Waals surface area contributed by atoms with E-state index in [2.05, 4.69) is 0 Å². The Kier molecular flexibility index (Phi) is 3.57. The number of Topliss-reactive ketones (excluding diaryl/α,β-unsaturated/α-hetero) is 1. The Morgan fingerprint density at radius 1 is 1.18 bits per heavy atom. The van der Waals surface area contributed by atoms with Crippen LogP contribution in [0.3, 0.4) is 0 Å². The molecule has 1 heterocycles. The molecule has 2 rings (SSSR count). The average Bonchev–Trinajstić information content (AvgIpc) is 2.39. The molecule has 0 bridgehead atoms. The molecule has 1 amide bonds. The Morgan fingerprint density at radius 3 is 2.53 bits per heavy atom. The lowest BCUT2D eigenvalue weighted by Crippen LogP contribution is -2.47. The number of carbonyl (C=O) groups excluding carboxylic acids is 2. The third-order valence-corrected chi connectivity index (χ3v) is 3.25. The predicted molar refractivity (Wildman–Crippen MR) is 65.8 cm³/mol. The normalized spacial score (nSPS) is 20.1. The molecule has 1 aromatic carbocycles. The highest BCUT2D eigenvalue weighted by Crippen LogP contribution is 2.20. The Morgan fingerprint density at radius 2 is 1.88 bits per heavy atom. The zero-order valence-electron chi connectivity index (χ0n) is 10.1. The highest BCUT2D eigenvalue weighted by atomic mass is 16.2. The second kappa shape index (κ2) is 5.13. The van der Waals surface area contributed by atoms with Gasteiger partial charge in [0.05, 0.1) is 6.04 Å². The van der Waals surface area contributed by atoms with Gasteiger partial charge in [-0.3, -0.25) is 9.59 Å². The first-order chi connectivity index (χ1) is 8.20. The topological polar surface area (TPSA) is 37.4 Å². The van der Waals surface area contributed by atoms with Crippen LogP contribution in [0.1, 0.15) is 36.5 Å². The number of piperidine rings is 1. The number of hydrogen-bond acceptors (Lipinski definition) is 2. The number of nitrogens with zero attached hydrogens (tertiary/aromatic N) is 1. The van der Waals surface area contributed by atoms with Crippen LogP contribution in [-0.4, -0.2) is 29.2 Å². The molecule has 1 aliphatic heterocycles. The summed E-state index contributed by atoms with van der Waals surface area (Å²) < 4.78 is 0. The SMILES string of the molecule is CC(=O)[C@@H]1CCCCN1C(=O)c1ccccc1. The van der Waals surface area contributed by atoms with Crippen LogP contribution in [0.15, 0.2) is 30.3 Å². The van der Waals surface area contributed by atoms with Crippen LogP contribution < -0.4 is 0 Å². The van der Waals surface area contributed by atoms with Gasteiger partial charge in [0.1, 0.15) is 0 Å². The number of likely N-dealkylation sites (tertiary alicyclic amines) is 1. The molecule has 0 radical (unpaired) electrons. The van der Waals surface area contributed by atoms with E-state index in [0.717, 1.165) is 19.3 Å². The van der Waals surface area contributed by atoms with Crippen molar-refractivity contribution >= 4 is 11.7 Å². The molecule has 1 aliphatic rings. The minimum atomic E-state index is -0.226. The molecular weight excluding hydrogens is 214 g/mol. The van der Waals surface area contributed by atoms with Crippen LogP contribution >= 0.6 is 0 Å². The standard InChI is InChI=1S/C14H17NO2/c1-11(16)13-9-5-6-10-15(13)14(17)12-7-3-2-4-8-12/h2-4,7-8,13H,5-6,9-10H2,1H3/t13-/m0/s1. The lowest BCUT2D eigenvalue weighted by atomic mass is 9.98. The van der Waals surface area contributed by atoms with Gasteiger partial charge in [-0.15, -0.1) is 0 Å². The van der Waals surface area contributed by atoms with Crippen LogP contribution in [-0.2, 0) is 4.79 Å². The molecule has 3 heteroatoms. The summed E-state index contributed by atoms with van der Waals surface area (Å²) in [7, 11) is 0. The molecule has 90 valence electrons. The monoisotopic (exact) mass is 231 g/mol. The number of amides is 1. The maximum absolute atomic E-state index is 12.3. The largest absolute Gasteiger partial charge is 0.329 e. The van der Waals surface area contributed by atoms with Gasteiger partial charge in [-0.05, 0) is 38.3 Å². The summed E-state index contributed by atoms with van der Waals surface area (Å²) in [5, 5.41) is 0. The van der Waals surface area contributed by atoms with E-state index in [1.54, 1.807) is 24.0 Å². The summed E-state index contributed by atoms with van der Waals surface area (Å²) in [5.74, 6) is 0.0690. The van der Waals surface area contributed by atoms with E-state index in [0.29, 0.717) is 12.1 Å². The first-order valence-electron chi connectivity index (χ1n) is 6.06. The number of rotatable bonds is 2. The maximum Gasteiger partial charge on any atom is 0.254 e. The van der Waals surface area contributed by atoms with Crippen molar-refractivity contribution in [1.82, 2.24) is 4.90 Å². The quantitative estimate of drug-likeness (QED) is 0.783. The van der Waals surface area contributed by atoms with Gasteiger partial charge in [-0.2, -0.15) is 0 Å². The van der Waals surface area contributed by atoms with Gasteiger partial charge in [-0.25, -0.2) is 0 Å². The second-order valence-electron chi connectivity index (χ2n) is 4.49. The van der Waals surface area contributed by atoms with Crippen LogP contribution in [0, 0.1) is 0 Å². The molecule has 1 fully saturated rings. The summed E-state index contributed by atoms with van der Waals surface area (Å²) in [6.07, 6.45) is 2.82. The van der Waals surface area contributed by atoms with Crippen LogP contribution in [0.25, 0.3) is 0 Å². The Hall–Kier alpha value is -1.64. The fourth-order valence-electron chi connectivity index (χ4n) is 2.34. The molecule has 17 heavy (non-hydrogen) atoms. The van der Waals surface area contributed by atoms with E-state index in [-0.39, 0.29) is 17.7 Å². The molecular formula is C14H17NO2. The number of hydrogen-bond donors (Lipinski definition) is 0. The second-order valence-corrected chi connectivity index (χ2v) is 4.49. The number of benzene rings is 1. The number of ketones is 1. The van der Waals surface area contributed by atoms with Crippen molar-refractivity contribution in [3.63, 3.8) is 0 Å². The van der Waals surface area contributed by atoms with Gasteiger partial charge in [-0.1, -0.05) is 18.2 Å². The summed E-state index contributed by atoms with van der Waals surface area (Å²) in [5.41, 5.74) is 0.667. The molecule has 3 nitrogen and oxygen atoms in total. The minimum Gasteiger partial charge on any atom is -0.329 e. The molecule has 0 spiro atoms. The van der Waals surface area contributed by atoms with Gasteiger partial charge in [0, 0.05) is 12.1 Å². The minimum absolute atomic E-state index is 0.0227. The molecule has 0 aromatic heterocycles. The van der Waals surface area contributed by atoms with Crippen molar-refractivity contribution in [2.75, 3.05) is 6.54 Å². The Labute approximate surface area is 101 Å². The molecule has 0 unspecified atom stereocenters. The third-order valence-electron chi connectivity index (χ3n) is 3.25. The first kappa shape index (κ1) is 11.8. The zero-order chi connectivity index (χ0) is 12.3. The van der Waals surface area contributed by atoms with Gasteiger partial charge in [0.2, 0.25) is 0 Å². The summed E-state index contributed by atoms with van der Waals surface area (Å²) in [6.45, 7) is 2.26. The van der Waals surface area contributed by atoms with E-state index >= 15 is 0 Å². The first-order valence-corrected chi connectivity index (χ1v) is 6.06. The van der Waals surface area contributed by atoms with Gasteiger partial charge in [0.25, 0.3) is 5.91 Å². The van der Waals surface area contributed by atoms with Gasteiger partial charge >= 0.3 is 0 Å². The molecule has 1 atom stereocenters. The molecule has 0 saturated carbocycles. The van der Waals surface area contributed by atoms with E-state index in [1.807, 2.05) is 18.2 Å². The Bertz CT molecular complexity index is 413. The molecule has 0 N–H and O–H groups in total. The average molecular weight is 231 g/mol. The van der Waals surface area contributed by atoms with Crippen molar-refractivity contribution in [3.05, 3.63) is 35.9 Å². The van der Waals surface area contributed by atoms with Crippen LogP contribution in [0.5, 0.6) is 0 Å². The molecule has 0 aliphatic carbocycles. The highest BCUT2D eigenvalue weighted by molar-refractivity contribution is 5.97. The molecule has 1 aromatic rings. The smallest absolute Gasteiger partial charge is 0.254 e. The van der Waals surface area contributed by atoms with Crippen molar-refractivity contribution < 1.29 is 9.59 Å². The van der Waals surface area contributed by atoms with E-state index in [1.165, 1.54) is 0 Å². The van der Waals surface area contributed by atoms with Crippen LogP contribution in [0.2, 0.25) is 0 Å². The lowest BCUT2D eigenvalue weighted by molar-refractivity contribution is -0.122. The van der Waals surface area contributed by atoms with E-state index < -0.39 is 0 Å². The van der Waals surface area contributed by atoms with Gasteiger partial charge < -0.3 is 4.90 Å². The molecule has 1 saturated heterocycles. The van der Waals surface area contributed by atoms with Crippen LogP contribution in [0.4, 0.5) is 0 Å². The van der Waals surface area contributed by atoms with E-state index in [4.69, 9.17) is 0 Å². The van der Waals surface area contributed by atoms with Gasteiger partial charge in [0.15, 0.2) is 5.78 Å². The number of carbonyl (C=O) groups is 2. The van der Waals surface area contributed by atoms with Crippen molar-refractivity contribution in [1.29, 1.82) is 0 Å². The highest BCUT2D eigenvalue weighted by Gasteiger charge is 2.30. The van der Waals surface area contributed by atoms with Crippen molar-refractivity contribution in [2.24, 2.45) is 0 Å². The lowest BCUT2D eigenvalue weighted by Gasteiger charge is -2.34. The van der Waals surface area contributed by atoms with Crippen molar-refractivity contribution in [2.45, 2.75) is 32.2 Å². The third kappa shape index (κ3) is 2.54. The predicted octanol–water partition coefficient (Wildman–Crippen LogP) is 2.27. The zero-order valence-corrected chi connectivity index (χ0v) is 10.1. The fourth-order valence-corrected chi connectivity index (χ4v) is 2.34.